The summed E-state index contributed by atoms with van der Waals surface area (Å²) in [6, 6.07) is 0. The Morgan fingerprint density at radius 3 is 3.09 bits per heavy atom. The summed E-state index contributed by atoms with van der Waals surface area (Å²) in [6.07, 6.45) is 6.40. The molecule has 116 valence electrons. The normalized spacial score (nSPS) is 21.6. The van der Waals surface area contributed by atoms with Crippen molar-refractivity contribution in [3.8, 4) is 0 Å². The Hall–Kier alpha value is -2.06. The Morgan fingerprint density at radius 2 is 2.36 bits per heavy atom. The quantitative estimate of drug-likeness (QED) is 0.862. The van der Waals surface area contributed by atoms with Crippen molar-refractivity contribution < 1.29 is 9.90 Å². The molecule has 1 aliphatic rings. The van der Waals surface area contributed by atoms with Gasteiger partial charge in [-0.15, -0.1) is 11.3 Å². The number of piperidine rings is 1. The van der Waals surface area contributed by atoms with Crippen LogP contribution in [-0.2, 0) is 0 Å². The number of β-amino-alcohol motifs (C(OH)–C–C–N with tert-alkyl or cyclic N) is 1. The molecule has 1 saturated heterocycles. The fourth-order valence-electron chi connectivity index (χ4n) is 2.57. The first kappa shape index (κ1) is 14.9. The molecule has 0 saturated carbocycles. The van der Waals surface area contributed by atoms with Gasteiger partial charge in [0.2, 0.25) is 0 Å². The highest BCUT2D eigenvalue weighted by atomic mass is 32.1. The summed E-state index contributed by atoms with van der Waals surface area (Å²) in [6.45, 7) is 1.43. The molecule has 7 nitrogen and oxygen atoms in total. The summed E-state index contributed by atoms with van der Waals surface area (Å²) < 4.78 is 0. The molecular formula is C14H17N5O2S. The van der Waals surface area contributed by atoms with Gasteiger partial charge in [-0.2, -0.15) is 0 Å². The molecule has 22 heavy (non-hydrogen) atoms. The largest absolute Gasteiger partial charge is 0.386 e. The lowest BCUT2D eigenvalue weighted by Gasteiger charge is -2.39. The highest BCUT2D eigenvalue weighted by Crippen LogP contribution is 2.24. The van der Waals surface area contributed by atoms with Gasteiger partial charge in [0, 0.05) is 37.4 Å². The van der Waals surface area contributed by atoms with Crippen molar-refractivity contribution >= 4 is 23.1 Å². The average molecular weight is 319 g/mol. The number of thiazole rings is 1. The molecule has 0 spiro atoms. The molecule has 0 aliphatic carbocycles. The van der Waals surface area contributed by atoms with E-state index >= 15 is 0 Å². The van der Waals surface area contributed by atoms with Crippen molar-refractivity contribution in [2.24, 2.45) is 0 Å². The van der Waals surface area contributed by atoms with E-state index in [9.17, 15) is 9.90 Å². The van der Waals surface area contributed by atoms with Crippen LogP contribution in [0.25, 0.3) is 0 Å². The summed E-state index contributed by atoms with van der Waals surface area (Å²) in [5.74, 6) is 0.484. The zero-order chi connectivity index (χ0) is 15.4. The molecule has 3 heterocycles. The number of aliphatic hydroxyl groups is 1. The summed E-state index contributed by atoms with van der Waals surface area (Å²) in [4.78, 5) is 26.2. The third-order valence-electron chi connectivity index (χ3n) is 3.67. The smallest absolute Gasteiger partial charge is 0.270 e. The van der Waals surface area contributed by atoms with Gasteiger partial charge in [-0.3, -0.25) is 9.78 Å². The molecular weight excluding hydrogens is 302 g/mol. The molecule has 0 radical (unpaired) electrons. The standard InChI is InChI=1S/C14H17N5O2S/c20-13(11-7-22-10-18-11)17-8-14(21)2-1-5-19(9-14)12-6-15-3-4-16-12/h3-4,6-7,10,21H,1-2,5,8-9H2,(H,17,20)/t14-/m0/s1. The van der Waals surface area contributed by atoms with Gasteiger partial charge in [-0.25, -0.2) is 9.97 Å². The Morgan fingerprint density at radius 1 is 1.45 bits per heavy atom. The van der Waals surface area contributed by atoms with Gasteiger partial charge in [0.25, 0.3) is 5.91 Å². The Bertz CT molecular complexity index is 621. The second-order valence-corrected chi connectivity index (χ2v) is 6.09. The molecule has 1 fully saturated rings. The zero-order valence-corrected chi connectivity index (χ0v) is 12.8. The predicted octanol–water partition coefficient (Wildman–Crippen LogP) is 0.694. The van der Waals surface area contributed by atoms with Crippen molar-refractivity contribution in [1.29, 1.82) is 0 Å². The average Bonchev–Trinajstić information content (AvgIpc) is 3.08. The summed E-state index contributed by atoms with van der Waals surface area (Å²) in [7, 11) is 0. The van der Waals surface area contributed by atoms with E-state index in [1.54, 1.807) is 29.5 Å². The van der Waals surface area contributed by atoms with Gasteiger partial charge in [0.15, 0.2) is 0 Å². The van der Waals surface area contributed by atoms with Crippen molar-refractivity contribution in [1.82, 2.24) is 20.3 Å². The topological polar surface area (TPSA) is 91.2 Å². The molecule has 3 rings (SSSR count). The fraction of sp³-hybridized carbons (Fsp3) is 0.429. The van der Waals surface area contributed by atoms with Crippen LogP contribution in [0, 0.1) is 0 Å². The number of hydrogen-bond donors (Lipinski definition) is 2. The fourth-order valence-corrected chi connectivity index (χ4v) is 3.10. The van der Waals surface area contributed by atoms with Crippen LogP contribution in [0.3, 0.4) is 0 Å². The number of aromatic nitrogens is 3. The van der Waals surface area contributed by atoms with Crippen LogP contribution in [0.2, 0.25) is 0 Å². The second kappa shape index (κ2) is 6.37. The van der Waals surface area contributed by atoms with E-state index in [1.807, 2.05) is 4.90 Å². The van der Waals surface area contributed by atoms with Crippen LogP contribution in [0.15, 0.2) is 29.5 Å². The first-order chi connectivity index (χ1) is 10.7. The van der Waals surface area contributed by atoms with Crippen molar-refractivity contribution in [2.75, 3.05) is 24.5 Å². The summed E-state index contributed by atoms with van der Waals surface area (Å²) in [5, 5.41) is 15.2. The van der Waals surface area contributed by atoms with Crippen LogP contribution in [0.1, 0.15) is 23.3 Å². The molecule has 1 aliphatic heterocycles. The van der Waals surface area contributed by atoms with Gasteiger partial charge in [-0.1, -0.05) is 0 Å². The molecule has 8 heteroatoms. The van der Waals surface area contributed by atoms with Gasteiger partial charge in [0.1, 0.15) is 11.5 Å². The van der Waals surface area contributed by atoms with Gasteiger partial charge < -0.3 is 15.3 Å². The molecule has 1 amide bonds. The number of anilines is 1. The lowest BCUT2D eigenvalue weighted by molar-refractivity contribution is 0.0253. The minimum Gasteiger partial charge on any atom is -0.386 e. The predicted molar refractivity (Wildman–Crippen MR) is 82.9 cm³/mol. The van der Waals surface area contributed by atoms with E-state index in [4.69, 9.17) is 0 Å². The van der Waals surface area contributed by atoms with E-state index in [1.165, 1.54) is 11.3 Å². The van der Waals surface area contributed by atoms with Crippen LogP contribution in [-0.4, -0.2) is 51.2 Å². The zero-order valence-electron chi connectivity index (χ0n) is 12.0. The Kier molecular flexibility index (Phi) is 4.30. The highest BCUT2D eigenvalue weighted by molar-refractivity contribution is 7.07. The van der Waals surface area contributed by atoms with Gasteiger partial charge in [0.05, 0.1) is 17.3 Å². The molecule has 0 bridgehead atoms. The first-order valence-electron chi connectivity index (χ1n) is 7.06. The van der Waals surface area contributed by atoms with Gasteiger partial charge >= 0.3 is 0 Å². The van der Waals surface area contributed by atoms with E-state index in [2.05, 4.69) is 20.3 Å². The third kappa shape index (κ3) is 3.40. The van der Waals surface area contributed by atoms with Crippen molar-refractivity contribution in [3.05, 3.63) is 35.2 Å². The number of rotatable bonds is 4. The summed E-state index contributed by atoms with van der Waals surface area (Å²) in [5.41, 5.74) is 1.02. The number of nitrogens with zero attached hydrogens (tertiary/aromatic N) is 4. The second-order valence-electron chi connectivity index (χ2n) is 5.37. The van der Waals surface area contributed by atoms with Gasteiger partial charge in [-0.05, 0) is 12.8 Å². The lowest BCUT2D eigenvalue weighted by atomic mass is 9.92. The third-order valence-corrected chi connectivity index (χ3v) is 4.26. The van der Waals surface area contributed by atoms with Crippen LogP contribution < -0.4 is 10.2 Å². The number of amides is 1. The van der Waals surface area contributed by atoms with Crippen LogP contribution in [0.5, 0.6) is 0 Å². The number of carbonyl (C=O) groups is 1. The van der Waals surface area contributed by atoms with Crippen LogP contribution >= 0.6 is 11.3 Å². The van der Waals surface area contributed by atoms with E-state index in [0.717, 1.165) is 18.8 Å². The number of nitrogens with one attached hydrogen (secondary N) is 1. The Labute approximate surface area is 132 Å². The molecule has 0 aromatic carbocycles. The highest BCUT2D eigenvalue weighted by Gasteiger charge is 2.34. The maximum Gasteiger partial charge on any atom is 0.270 e. The lowest BCUT2D eigenvalue weighted by Crippen LogP contribution is -2.54. The molecule has 2 aromatic heterocycles. The Balaban J connectivity index is 1.61. The monoisotopic (exact) mass is 319 g/mol. The molecule has 2 aromatic rings. The van der Waals surface area contributed by atoms with E-state index in [-0.39, 0.29) is 12.5 Å². The van der Waals surface area contributed by atoms with E-state index in [0.29, 0.717) is 18.7 Å². The number of carbonyl (C=O) groups excluding carboxylic acids is 1. The van der Waals surface area contributed by atoms with E-state index < -0.39 is 5.60 Å². The number of hydrogen-bond acceptors (Lipinski definition) is 7. The minimum atomic E-state index is -0.971. The molecule has 2 N–H and O–H groups in total. The SMILES string of the molecule is O=C(NC[C@@]1(O)CCCN(c2cnccn2)C1)c1cscn1. The molecule has 1 atom stereocenters. The summed E-state index contributed by atoms with van der Waals surface area (Å²) >= 11 is 1.37. The van der Waals surface area contributed by atoms with Crippen molar-refractivity contribution in [3.63, 3.8) is 0 Å². The van der Waals surface area contributed by atoms with Crippen LogP contribution in [0.4, 0.5) is 5.82 Å². The maximum atomic E-state index is 11.9. The van der Waals surface area contributed by atoms with Crippen molar-refractivity contribution in [2.45, 2.75) is 18.4 Å². The molecule has 0 unspecified atom stereocenters. The minimum absolute atomic E-state index is 0.195. The maximum absolute atomic E-state index is 11.9. The first-order valence-corrected chi connectivity index (χ1v) is 8.00.